The minimum absolute atomic E-state index is 0.0377. The maximum Gasteiger partial charge on any atom is 0.289 e. The highest BCUT2D eigenvalue weighted by Gasteiger charge is 2.31. The minimum Gasteiger partial charge on any atom is -0.388 e. The fraction of sp³-hybridized carbons (Fsp3) is 0.533. The van der Waals surface area contributed by atoms with E-state index in [1.807, 2.05) is 0 Å². The fourth-order valence-corrected chi connectivity index (χ4v) is 2.63. The molecule has 1 aliphatic carbocycles. The van der Waals surface area contributed by atoms with Gasteiger partial charge in [-0.05, 0) is 43.7 Å². The van der Waals surface area contributed by atoms with Crippen LogP contribution in [-0.2, 0) is 0 Å². The average Bonchev–Trinajstić information content (AvgIpc) is 2.48. The van der Waals surface area contributed by atoms with Gasteiger partial charge in [0.1, 0.15) is 11.6 Å². The second-order valence-electron chi connectivity index (χ2n) is 5.86. The van der Waals surface area contributed by atoms with Gasteiger partial charge >= 0.3 is 0 Å². The first-order valence-corrected chi connectivity index (χ1v) is 7.08. The summed E-state index contributed by atoms with van der Waals surface area (Å²) in [7, 11) is 0. The van der Waals surface area contributed by atoms with Gasteiger partial charge in [0.2, 0.25) is 0 Å². The SMILES string of the molecule is CC1CCC(O)(CNc2ccc(C#N)c([N+](=O)[O-])c2)CC1. The predicted octanol–water partition coefficient (Wildman–Crippen LogP) is 2.82. The van der Waals surface area contributed by atoms with E-state index in [-0.39, 0.29) is 11.3 Å². The van der Waals surface area contributed by atoms with Crippen LogP contribution in [0.15, 0.2) is 18.2 Å². The Balaban J connectivity index is 2.05. The Bertz CT molecular complexity index is 572. The van der Waals surface area contributed by atoms with Crippen molar-refractivity contribution in [3.63, 3.8) is 0 Å². The van der Waals surface area contributed by atoms with Crippen molar-refractivity contribution >= 4 is 11.4 Å². The molecule has 0 radical (unpaired) electrons. The van der Waals surface area contributed by atoms with Gasteiger partial charge in [0.15, 0.2) is 0 Å². The van der Waals surface area contributed by atoms with E-state index in [1.165, 1.54) is 12.1 Å². The molecule has 21 heavy (non-hydrogen) atoms. The van der Waals surface area contributed by atoms with E-state index < -0.39 is 10.5 Å². The number of nitrogens with zero attached hydrogens (tertiary/aromatic N) is 2. The summed E-state index contributed by atoms with van der Waals surface area (Å²) in [5.41, 5.74) is -0.384. The van der Waals surface area contributed by atoms with E-state index in [0.717, 1.165) is 25.7 Å². The van der Waals surface area contributed by atoms with Gasteiger partial charge in [0.25, 0.3) is 5.69 Å². The largest absolute Gasteiger partial charge is 0.388 e. The van der Waals surface area contributed by atoms with E-state index in [9.17, 15) is 15.2 Å². The molecule has 0 amide bonds. The number of nitrogens with one attached hydrogen (secondary N) is 1. The summed E-state index contributed by atoms with van der Waals surface area (Å²) in [5.74, 6) is 0.640. The molecule has 0 bridgehead atoms. The Morgan fingerprint density at radius 1 is 1.52 bits per heavy atom. The molecule has 0 heterocycles. The molecule has 1 aromatic carbocycles. The van der Waals surface area contributed by atoms with Crippen LogP contribution >= 0.6 is 0 Å². The van der Waals surface area contributed by atoms with Crippen molar-refractivity contribution in [2.24, 2.45) is 5.92 Å². The Morgan fingerprint density at radius 3 is 2.76 bits per heavy atom. The molecule has 0 aliphatic heterocycles. The molecule has 1 saturated carbocycles. The van der Waals surface area contributed by atoms with Gasteiger partial charge in [-0.15, -0.1) is 0 Å². The number of hydrogen-bond acceptors (Lipinski definition) is 5. The molecule has 0 aromatic heterocycles. The van der Waals surface area contributed by atoms with Crippen LogP contribution in [0, 0.1) is 27.4 Å². The maximum absolute atomic E-state index is 10.9. The van der Waals surface area contributed by atoms with Crippen molar-refractivity contribution in [1.29, 1.82) is 5.26 Å². The first kappa shape index (κ1) is 15.3. The molecule has 0 saturated heterocycles. The van der Waals surface area contributed by atoms with Crippen LogP contribution in [0.4, 0.5) is 11.4 Å². The average molecular weight is 289 g/mol. The van der Waals surface area contributed by atoms with Crippen LogP contribution < -0.4 is 5.32 Å². The summed E-state index contributed by atoms with van der Waals surface area (Å²) in [4.78, 5) is 10.3. The van der Waals surface area contributed by atoms with E-state index in [0.29, 0.717) is 18.2 Å². The Labute approximate surface area is 123 Å². The minimum atomic E-state index is -0.755. The number of rotatable bonds is 4. The van der Waals surface area contributed by atoms with Crippen LogP contribution in [-0.4, -0.2) is 22.2 Å². The van der Waals surface area contributed by atoms with E-state index in [4.69, 9.17) is 5.26 Å². The van der Waals surface area contributed by atoms with Crippen LogP contribution in [0.25, 0.3) is 0 Å². The number of anilines is 1. The Morgan fingerprint density at radius 2 is 2.19 bits per heavy atom. The monoisotopic (exact) mass is 289 g/mol. The van der Waals surface area contributed by atoms with Crippen molar-refractivity contribution in [1.82, 2.24) is 0 Å². The van der Waals surface area contributed by atoms with Gasteiger partial charge in [-0.2, -0.15) is 5.26 Å². The van der Waals surface area contributed by atoms with Crippen molar-refractivity contribution in [3.05, 3.63) is 33.9 Å². The molecule has 0 spiro atoms. The molecule has 1 fully saturated rings. The molecule has 2 N–H and O–H groups in total. The molecule has 6 heteroatoms. The number of nitro benzene ring substituents is 1. The third kappa shape index (κ3) is 3.70. The standard InChI is InChI=1S/C15H19N3O3/c1-11-4-6-15(19,7-5-11)10-17-13-3-2-12(9-16)14(8-13)18(20)21/h2-3,8,11,17,19H,4-7,10H2,1H3. The van der Waals surface area contributed by atoms with Gasteiger partial charge in [0.05, 0.1) is 10.5 Å². The number of nitriles is 1. The summed E-state index contributed by atoms with van der Waals surface area (Å²) in [6, 6.07) is 6.19. The van der Waals surface area contributed by atoms with Gasteiger partial charge in [-0.3, -0.25) is 10.1 Å². The number of nitro groups is 1. The molecular formula is C15H19N3O3. The molecule has 112 valence electrons. The van der Waals surface area contributed by atoms with Crippen molar-refractivity contribution in [2.75, 3.05) is 11.9 Å². The first-order valence-electron chi connectivity index (χ1n) is 7.08. The lowest BCUT2D eigenvalue weighted by Gasteiger charge is -2.35. The van der Waals surface area contributed by atoms with Crippen LogP contribution in [0.2, 0.25) is 0 Å². The lowest BCUT2D eigenvalue weighted by molar-refractivity contribution is -0.385. The van der Waals surface area contributed by atoms with Crippen LogP contribution in [0.3, 0.4) is 0 Å². The molecule has 1 aliphatic rings. The number of hydrogen-bond donors (Lipinski definition) is 2. The highest BCUT2D eigenvalue weighted by molar-refractivity contribution is 5.59. The Kier molecular flexibility index (Phi) is 4.43. The topological polar surface area (TPSA) is 99.2 Å². The summed E-state index contributed by atoms with van der Waals surface area (Å²) in [5, 5.41) is 33.3. The van der Waals surface area contributed by atoms with Gasteiger partial charge in [-0.25, -0.2) is 0 Å². The molecule has 0 atom stereocenters. The van der Waals surface area contributed by atoms with Gasteiger partial charge < -0.3 is 10.4 Å². The Hall–Kier alpha value is -2.13. The summed E-state index contributed by atoms with van der Waals surface area (Å²) in [6.45, 7) is 2.54. The summed E-state index contributed by atoms with van der Waals surface area (Å²) >= 11 is 0. The van der Waals surface area contributed by atoms with Crippen molar-refractivity contribution < 1.29 is 10.0 Å². The van der Waals surface area contributed by atoms with Crippen molar-refractivity contribution in [3.8, 4) is 6.07 Å². The fourth-order valence-electron chi connectivity index (χ4n) is 2.63. The lowest BCUT2D eigenvalue weighted by Crippen LogP contribution is -2.40. The van der Waals surface area contributed by atoms with E-state index in [1.54, 1.807) is 12.1 Å². The van der Waals surface area contributed by atoms with E-state index >= 15 is 0 Å². The molecule has 6 nitrogen and oxygen atoms in total. The lowest BCUT2D eigenvalue weighted by atomic mass is 9.79. The number of aliphatic hydroxyl groups is 1. The maximum atomic E-state index is 10.9. The molecule has 2 rings (SSSR count). The third-order valence-electron chi connectivity index (χ3n) is 4.14. The normalized spacial score (nSPS) is 25.1. The zero-order chi connectivity index (χ0) is 15.5. The van der Waals surface area contributed by atoms with Gasteiger partial charge in [-0.1, -0.05) is 6.92 Å². The van der Waals surface area contributed by atoms with Crippen LogP contribution in [0.1, 0.15) is 38.2 Å². The highest BCUT2D eigenvalue weighted by Crippen LogP contribution is 2.32. The zero-order valence-corrected chi connectivity index (χ0v) is 12.0. The predicted molar refractivity (Wildman–Crippen MR) is 78.9 cm³/mol. The quantitative estimate of drug-likeness (QED) is 0.656. The highest BCUT2D eigenvalue weighted by atomic mass is 16.6. The second-order valence-corrected chi connectivity index (χ2v) is 5.86. The van der Waals surface area contributed by atoms with Crippen LogP contribution in [0.5, 0.6) is 0 Å². The smallest absolute Gasteiger partial charge is 0.289 e. The van der Waals surface area contributed by atoms with Gasteiger partial charge in [0, 0.05) is 18.3 Å². The molecule has 1 aromatic rings. The zero-order valence-electron chi connectivity index (χ0n) is 12.0. The molecular weight excluding hydrogens is 270 g/mol. The number of benzene rings is 1. The first-order chi connectivity index (χ1) is 9.93. The summed E-state index contributed by atoms with van der Waals surface area (Å²) < 4.78 is 0. The third-order valence-corrected chi connectivity index (χ3v) is 4.14. The van der Waals surface area contributed by atoms with Crippen molar-refractivity contribution in [2.45, 2.75) is 38.2 Å². The summed E-state index contributed by atoms with van der Waals surface area (Å²) in [6.07, 6.45) is 3.45. The van der Waals surface area contributed by atoms with E-state index in [2.05, 4.69) is 12.2 Å². The second kappa shape index (κ2) is 6.10. The molecule has 0 unspecified atom stereocenters.